The van der Waals surface area contributed by atoms with Gasteiger partial charge in [-0.3, -0.25) is 14.9 Å². The van der Waals surface area contributed by atoms with Crippen LogP contribution in [0.3, 0.4) is 0 Å². The number of aryl methyl sites for hydroxylation is 1. The molecule has 0 spiro atoms. The quantitative estimate of drug-likeness (QED) is 0.236. The Kier molecular flexibility index (Phi) is 9.19. The SMILES string of the molecule is Cc1nc(C2(O)Oc3ccc(cc3)CC(NC(=O)OC3CCC4OCCC43)C(O)CN(S(=O)(=O)c3ccc4c(c3)OC(O)(O)O4)C(C)O2)cs1. The summed E-state index contributed by atoms with van der Waals surface area (Å²) in [6, 6.07) is 8.75. The van der Waals surface area contributed by atoms with Crippen LogP contribution in [-0.4, -0.2) is 94.1 Å². The molecular weight excluding hydrogens is 698 g/mol. The Morgan fingerprint density at radius 3 is 2.56 bits per heavy atom. The van der Waals surface area contributed by atoms with Gasteiger partial charge in [-0.05, 0) is 69.4 Å². The first kappa shape index (κ1) is 34.8. The maximum Gasteiger partial charge on any atom is 0.505 e. The normalized spacial score (nSPS) is 30.8. The number of carbonyl (C=O) groups excluding carboxylic acids is 1. The molecule has 50 heavy (non-hydrogen) atoms. The lowest BCUT2D eigenvalue weighted by atomic mass is 10.0. The van der Waals surface area contributed by atoms with Gasteiger partial charge >= 0.3 is 18.2 Å². The number of ether oxygens (including phenoxy) is 6. The van der Waals surface area contributed by atoms with Crippen molar-refractivity contribution in [2.45, 2.75) is 87.1 Å². The van der Waals surface area contributed by atoms with Crippen molar-refractivity contribution in [2.24, 2.45) is 5.92 Å². The maximum absolute atomic E-state index is 14.4. The Hall–Kier alpha value is -3.59. The highest BCUT2D eigenvalue weighted by atomic mass is 32.2. The molecule has 8 rings (SSSR count). The first-order valence-corrected chi connectivity index (χ1v) is 18.4. The van der Waals surface area contributed by atoms with E-state index < -0.39 is 58.1 Å². The van der Waals surface area contributed by atoms with Crippen LogP contribution in [0.4, 0.5) is 4.79 Å². The van der Waals surface area contributed by atoms with Crippen LogP contribution >= 0.6 is 11.3 Å². The summed E-state index contributed by atoms with van der Waals surface area (Å²) in [5.41, 5.74) is 0.604. The van der Waals surface area contributed by atoms with Crippen molar-refractivity contribution in [3.05, 3.63) is 64.1 Å². The van der Waals surface area contributed by atoms with Gasteiger partial charge in [0, 0.05) is 30.5 Å². The molecule has 2 aromatic carbocycles. The number of carbonyl (C=O) groups is 1. The largest absolute Gasteiger partial charge is 0.505 e. The molecule has 18 heteroatoms. The van der Waals surface area contributed by atoms with E-state index in [1.807, 2.05) is 0 Å². The van der Waals surface area contributed by atoms with Gasteiger partial charge in [-0.2, -0.15) is 4.31 Å². The van der Waals surface area contributed by atoms with E-state index in [0.29, 0.717) is 23.6 Å². The minimum Gasteiger partial charge on any atom is -0.446 e. The van der Waals surface area contributed by atoms with E-state index in [4.69, 9.17) is 28.4 Å². The fourth-order valence-electron chi connectivity index (χ4n) is 6.73. The molecule has 2 bridgehead atoms. The van der Waals surface area contributed by atoms with Gasteiger partial charge in [0.15, 0.2) is 17.2 Å². The van der Waals surface area contributed by atoms with Crippen LogP contribution in [0.2, 0.25) is 0 Å². The third-order valence-electron chi connectivity index (χ3n) is 9.19. The molecule has 1 aliphatic carbocycles. The third-order valence-corrected chi connectivity index (χ3v) is 11.9. The van der Waals surface area contributed by atoms with Crippen molar-refractivity contribution in [3.63, 3.8) is 0 Å². The number of fused-ring (bicyclic) bond motifs is 12. The standard InChI is InChI=1S/C32H37N3O13S2/c1-17-33-29(16-49-17)31(38)45-18(2)35(50(41,42)21-7-8-27-28(14-21)48-32(39,40)47-27)15-24(36)23(13-19-3-5-20(46-31)6-4-19)34-30(37)44-26-10-9-25-22(26)11-12-43-25/h3-8,14,16,18,22-26,36,38-40H,9-13,15H2,1-2H3,(H,34,37). The van der Waals surface area contributed by atoms with Crippen LogP contribution in [0.15, 0.2) is 52.7 Å². The lowest BCUT2D eigenvalue weighted by molar-refractivity contribution is -0.385. The molecule has 1 saturated heterocycles. The number of aliphatic hydroxyl groups is 4. The van der Waals surface area contributed by atoms with Gasteiger partial charge in [-0.1, -0.05) is 12.1 Å². The zero-order valence-corrected chi connectivity index (χ0v) is 28.6. The first-order valence-electron chi connectivity index (χ1n) is 16.1. The molecule has 5 N–H and O–H groups in total. The predicted octanol–water partition coefficient (Wildman–Crippen LogP) is 1.63. The molecule has 5 heterocycles. The summed E-state index contributed by atoms with van der Waals surface area (Å²) in [6.45, 7) is 2.98. The highest BCUT2D eigenvalue weighted by Crippen LogP contribution is 2.41. The van der Waals surface area contributed by atoms with Gasteiger partial charge in [0.25, 0.3) is 0 Å². The summed E-state index contributed by atoms with van der Waals surface area (Å²) in [5, 5.41) is 47.9. The number of nitrogens with zero attached hydrogens (tertiary/aromatic N) is 2. The molecule has 2 fully saturated rings. The smallest absolute Gasteiger partial charge is 0.446 e. The Labute approximate surface area is 291 Å². The third kappa shape index (κ3) is 6.99. The molecule has 270 valence electrons. The molecular formula is C32H37N3O13S2. The van der Waals surface area contributed by atoms with Crippen LogP contribution in [0, 0.1) is 12.8 Å². The number of rotatable bonds is 5. The summed E-state index contributed by atoms with van der Waals surface area (Å²) < 4.78 is 62.7. The summed E-state index contributed by atoms with van der Waals surface area (Å²) in [6.07, 6.45) is -4.93. The number of sulfonamides is 1. The Morgan fingerprint density at radius 1 is 1.06 bits per heavy atom. The van der Waals surface area contributed by atoms with Crippen LogP contribution < -0.4 is 19.5 Å². The molecule has 5 aliphatic rings. The number of hydrogen-bond donors (Lipinski definition) is 5. The topological polar surface area (TPSA) is 216 Å². The minimum absolute atomic E-state index is 0.0406. The zero-order chi connectivity index (χ0) is 35.4. The first-order chi connectivity index (χ1) is 23.7. The predicted molar refractivity (Wildman–Crippen MR) is 171 cm³/mol. The molecule has 0 radical (unpaired) electrons. The number of alkyl carbamates (subject to hydrolysis) is 1. The van der Waals surface area contributed by atoms with Crippen LogP contribution in [0.1, 0.15) is 42.5 Å². The Morgan fingerprint density at radius 2 is 1.82 bits per heavy atom. The van der Waals surface area contributed by atoms with E-state index in [9.17, 15) is 33.6 Å². The van der Waals surface area contributed by atoms with Crippen LogP contribution in [-0.2, 0) is 36.6 Å². The number of benzene rings is 2. The van der Waals surface area contributed by atoms with E-state index in [-0.39, 0.29) is 47.5 Å². The monoisotopic (exact) mass is 735 g/mol. The fraction of sp³-hybridized carbons (Fsp3) is 0.500. The number of aliphatic hydroxyl groups excluding tert-OH is 1. The molecule has 16 nitrogen and oxygen atoms in total. The van der Waals surface area contributed by atoms with Crippen molar-refractivity contribution in [2.75, 3.05) is 13.2 Å². The number of hydrogen-bond acceptors (Lipinski definition) is 15. The molecule has 1 aromatic heterocycles. The number of aromatic nitrogens is 1. The van der Waals surface area contributed by atoms with Gasteiger partial charge in [-0.15, -0.1) is 11.3 Å². The average molecular weight is 736 g/mol. The second-order valence-corrected chi connectivity index (χ2v) is 15.6. The summed E-state index contributed by atoms with van der Waals surface area (Å²) in [4.78, 5) is 17.2. The van der Waals surface area contributed by atoms with Crippen molar-refractivity contribution >= 4 is 27.5 Å². The minimum atomic E-state index is -4.66. The molecule has 7 unspecified atom stereocenters. The maximum atomic E-state index is 14.4. The number of thiazole rings is 1. The second kappa shape index (κ2) is 13.2. The summed E-state index contributed by atoms with van der Waals surface area (Å²) in [5.74, 6) is -2.75. The van der Waals surface area contributed by atoms with E-state index in [0.717, 1.165) is 29.3 Å². The lowest BCUT2D eigenvalue weighted by Gasteiger charge is -2.36. The van der Waals surface area contributed by atoms with Gasteiger partial charge in [-0.25, -0.2) is 18.2 Å². The van der Waals surface area contributed by atoms with Crippen LogP contribution in [0.5, 0.6) is 17.2 Å². The van der Waals surface area contributed by atoms with E-state index in [1.165, 1.54) is 29.7 Å². The molecule has 1 saturated carbocycles. The van der Waals surface area contributed by atoms with E-state index in [2.05, 4.69) is 10.3 Å². The molecule has 1 amide bonds. The molecule has 7 atom stereocenters. The summed E-state index contributed by atoms with van der Waals surface area (Å²) in [7, 11) is -4.66. The molecule has 3 aromatic rings. The van der Waals surface area contributed by atoms with Gasteiger partial charge in [0.05, 0.1) is 28.2 Å². The number of nitrogens with one attached hydrogen (secondary N) is 1. The molecule has 4 aliphatic heterocycles. The second-order valence-electron chi connectivity index (χ2n) is 12.6. The average Bonchev–Trinajstić information content (AvgIpc) is 3.84. The van der Waals surface area contributed by atoms with Gasteiger partial charge in [0.1, 0.15) is 18.1 Å². The van der Waals surface area contributed by atoms with Crippen LogP contribution in [0.25, 0.3) is 0 Å². The fourth-order valence-corrected chi connectivity index (χ4v) is 8.92. The Bertz CT molecular complexity index is 1840. The summed E-state index contributed by atoms with van der Waals surface area (Å²) >= 11 is 1.21. The Balaban J connectivity index is 1.22. The van der Waals surface area contributed by atoms with Crippen molar-refractivity contribution < 1.29 is 62.1 Å². The highest BCUT2D eigenvalue weighted by molar-refractivity contribution is 7.89. The highest BCUT2D eigenvalue weighted by Gasteiger charge is 2.46. The van der Waals surface area contributed by atoms with Crippen molar-refractivity contribution in [3.8, 4) is 17.2 Å². The number of amides is 1. The van der Waals surface area contributed by atoms with Crippen molar-refractivity contribution in [1.29, 1.82) is 0 Å². The van der Waals surface area contributed by atoms with E-state index >= 15 is 0 Å². The van der Waals surface area contributed by atoms with Gasteiger partial charge < -0.3 is 39.2 Å². The lowest BCUT2D eigenvalue weighted by Crippen LogP contribution is -2.54. The zero-order valence-electron chi connectivity index (χ0n) is 27.0. The van der Waals surface area contributed by atoms with Gasteiger partial charge in [0.2, 0.25) is 10.0 Å². The van der Waals surface area contributed by atoms with Crippen molar-refractivity contribution in [1.82, 2.24) is 14.6 Å². The van der Waals surface area contributed by atoms with E-state index in [1.54, 1.807) is 31.2 Å².